The fraction of sp³-hybridized carbons (Fsp3) is 0.159. The molecule has 0 spiro atoms. The molecule has 0 amide bonds. The van der Waals surface area contributed by atoms with Gasteiger partial charge >= 0.3 is 0 Å². The van der Waals surface area contributed by atoms with E-state index in [0.29, 0.717) is 17.9 Å². The summed E-state index contributed by atoms with van der Waals surface area (Å²) in [5.41, 5.74) is 12.5. The number of rotatable bonds is 4. The SMILES string of the molecule is CC1C=CC2c3c(-c4cccc(-c5cccc6c7ccccc7n(-c7ccccc7)c56)c4)cccc3N(C3=CCC(C#N)C=C3)C2C1. The van der Waals surface area contributed by atoms with Crippen molar-refractivity contribution in [3.05, 3.63) is 157 Å². The monoisotopic (exact) mass is 605 g/mol. The number of allylic oxidation sites excluding steroid dienone is 4. The van der Waals surface area contributed by atoms with Crippen molar-refractivity contribution in [1.29, 1.82) is 5.26 Å². The molecule has 6 aromatic rings. The molecule has 4 unspecified atom stereocenters. The number of nitrogens with zero attached hydrogens (tertiary/aromatic N) is 3. The maximum atomic E-state index is 9.50. The highest BCUT2D eigenvalue weighted by Gasteiger charge is 2.42. The predicted molar refractivity (Wildman–Crippen MR) is 195 cm³/mol. The molecule has 0 saturated carbocycles. The summed E-state index contributed by atoms with van der Waals surface area (Å²) >= 11 is 0. The highest BCUT2D eigenvalue weighted by Crippen LogP contribution is 2.52. The summed E-state index contributed by atoms with van der Waals surface area (Å²) in [7, 11) is 0. The molecule has 0 bridgehead atoms. The Balaban J connectivity index is 1.22. The Kier molecular flexibility index (Phi) is 6.50. The van der Waals surface area contributed by atoms with E-state index in [9.17, 15) is 5.26 Å². The minimum absolute atomic E-state index is 0.0408. The molecule has 2 heterocycles. The Labute approximate surface area is 276 Å². The molecular weight excluding hydrogens is 571 g/mol. The van der Waals surface area contributed by atoms with Gasteiger partial charge in [0.15, 0.2) is 0 Å². The Hall–Kier alpha value is -5.59. The molecule has 1 aliphatic heterocycles. The number of benzene rings is 5. The average molecular weight is 606 g/mol. The Morgan fingerprint density at radius 1 is 0.723 bits per heavy atom. The lowest BCUT2D eigenvalue weighted by atomic mass is 9.80. The smallest absolute Gasteiger partial charge is 0.0700 e. The number of hydrogen-bond acceptors (Lipinski definition) is 2. The second-order valence-electron chi connectivity index (χ2n) is 13.2. The minimum atomic E-state index is -0.0408. The van der Waals surface area contributed by atoms with Crippen molar-refractivity contribution in [2.24, 2.45) is 11.8 Å². The second kappa shape index (κ2) is 11.0. The average Bonchev–Trinajstić information content (AvgIpc) is 3.65. The highest BCUT2D eigenvalue weighted by atomic mass is 15.2. The van der Waals surface area contributed by atoms with Gasteiger partial charge in [-0.15, -0.1) is 0 Å². The molecule has 47 heavy (non-hydrogen) atoms. The van der Waals surface area contributed by atoms with Crippen LogP contribution >= 0.6 is 0 Å². The van der Waals surface area contributed by atoms with Gasteiger partial charge in [-0.2, -0.15) is 5.26 Å². The highest BCUT2D eigenvalue weighted by molar-refractivity contribution is 6.13. The number of para-hydroxylation sites is 3. The van der Waals surface area contributed by atoms with E-state index in [1.54, 1.807) is 0 Å². The maximum Gasteiger partial charge on any atom is 0.0700 e. The Morgan fingerprint density at radius 2 is 1.47 bits per heavy atom. The number of nitriles is 1. The molecule has 3 aliphatic rings. The van der Waals surface area contributed by atoms with Gasteiger partial charge in [-0.05, 0) is 77.4 Å². The fourth-order valence-corrected chi connectivity index (χ4v) is 8.31. The van der Waals surface area contributed by atoms with Gasteiger partial charge < -0.3 is 9.47 Å². The summed E-state index contributed by atoms with van der Waals surface area (Å²) in [6, 6.07) is 44.9. The molecule has 0 saturated heterocycles. The van der Waals surface area contributed by atoms with Gasteiger partial charge in [-0.1, -0.05) is 116 Å². The van der Waals surface area contributed by atoms with Crippen LogP contribution < -0.4 is 4.90 Å². The van der Waals surface area contributed by atoms with E-state index in [1.165, 1.54) is 66.7 Å². The first kappa shape index (κ1) is 27.7. The van der Waals surface area contributed by atoms with Crippen LogP contribution in [0.25, 0.3) is 49.7 Å². The second-order valence-corrected chi connectivity index (χ2v) is 13.2. The van der Waals surface area contributed by atoms with E-state index in [2.05, 4.69) is 168 Å². The summed E-state index contributed by atoms with van der Waals surface area (Å²) in [6.45, 7) is 2.32. The lowest BCUT2D eigenvalue weighted by molar-refractivity contribution is 0.478. The Bertz CT molecular complexity index is 2310. The van der Waals surface area contributed by atoms with Crippen molar-refractivity contribution in [2.75, 3.05) is 4.90 Å². The van der Waals surface area contributed by atoms with Gasteiger partial charge in [0, 0.05) is 45.4 Å². The van der Waals surface area contributed by atoms with Gasteiger partial charge in [-0.25, -0.2) is 0 Å². The zero-order valence-corrected chi connectivity index (χ0v) is 26.4. The number of fused-ring (bicyclic) bond motifs is 6. The fourth-order valence-electron chi connectivity index (χ4n) is 8.31. The lowest BCUT2D eigenvalue weighted by Gasteiger charge is -2.35. The van der Waals surface area contributed by atoms with Crippen molar-refractivity contribution >= 4 is 27.5 Å². The van der Waals surface area contributed by atoms with Crippen molar-refractivity contribution in [3.63, 3.8) is 0 Å². The summed E-state index contributed by atoms with van der Waals surface area (Å²) in [5.74, 6) is 0.797. The summed E-state index contributed by atoms with van der Waals surface area (Å²) < 4.78 is 2.42. The van der Waals surface area contributed by atoms with Crippen LogP contribution in [0.2, 0.25) is 0 Å². The summed E-state index contributed by atoms with van der Waals surface area (Å²) in [4.78, 5) is 2.57. The third-order valence-electron chi connectivity index (χ3n) is 10.4. The topological polar surface area (TPSA) is 32.0 Å². The third-order valence-corrected chi connectivity index (χ3v) is 10.4. The number of aromatic nitrogens is 1. The lowest BCUT2D eigenvalue weighted by Crippen LogP contribution is -2.36. The standard InChI is InChI=1S/C44H35N3/c1-29-20-25-39-42(26-29)46(34-23-21-30(28-45)22-24-34)41-19-9-15-35(43(39)41)31-10-7-11-32(27-31)36-16-8-17-38-37-14-5-6-18-40(37)47(44(36)38)33-12-3-2-4-13-33/h2-21,23-25,27,29-30,39,42H,22,26H2,1H3. The maximum absolute atomic E-state index is 9.50. The first-order chi connectivity index (χ1) is 23.2. The molecule has 0 radical (unpaired) electrons. The molecule has 0 N–H and O–H groups in total. The first-order valence-electron chi connectivity index (χ1n) is 16.8. The van der Waals surface area contributed by atoms with Crippen LogP contribution in [0.1, 0.15) is 31.2 Å². The molecule has 3 heteroatoms. The third kappa shape index (κ3) is 4.40. The number of anilines is 1. The molecule has 2 aliphatic carbocycles. The molecule has 9 rings (SSSR count). The van der Waals surface area contributed by atoms with Gasteiger partial charge in [0.25, 0.3) is 0 Å². The Morgan fingerprint density at radius 3 is 2.30 bits per heavy atom. The van der Waals surface area contributed by atoms with E-state index in [1.807, 2.05) is 0 Å². The van der Waals surface area contributed by atoms with Crippen molar-refractivity contribution < 1.29 is 0 Å². The molecule has 0 fully saturated rings. The normalized spacial score (nSPS) is 21.4. The van der Waals surface area contributed by atoms with Crippen molar-refractivity contribution in [3.8, 4) is 34.0 Å². The van der Waals surface area contributed by atoms with Crippen LogP contribution in [-0.2, 0) is 0 Å². The predicted octanol–water partition coefficient (Wildman–Crippen LogP) is 11.0. The van der Waals surface area contributed by atoms with Crippen molar-refractivity contribution in [2.45, 2.75) is 31.7 Å². The van der Waals surface area contributed by atoms with Crippen LogP contribution in [0.15, 0.2) is 151 Å². The van der Waals surface area contributed by atoms with Crippen LogP contribution in [0, 0.1) is 23.2 Å². The van der Waals surface area contributed by atoms with Crippen LogP contribution in [0.4, 0.5) is 5.69 Å². The molecule has 3 nitrogen and oxygen atoms in total. The molecule has 4 atom stereocenters. The van der Waals surface area contributed by atoms with Gasteiger partial charge in [0.05, 0.1) is 23.0 Å². The van der Waals surface area contributed by atoms with E-state index >= 15 is 0 Å². The minimum Gasteiger partial charge on any atom is -0.337 e. The molecule has 226 valence electrons. The molecular formula is C44H35N3. The zero-order chi connectivity index (χ0) is 31.5. The van der Waals surface area contributed by atoms with E-state index in [0.717, 1.165) is 12.8 Å². The van der Waals surface area contributed by atoms with Crippen LogP contribution in [0.3, 0.4) is 0 Å². The zero-order valence-electron chi connectivity index (χ0n) is 26.4. The van der Waals surface area contributed by atoms with Crippen LogP contribution in [-0.4, -0.2) is 10.6 Å². The van der Waals surface area contributed by atoms with E-state index < -0.39 is 0 Å². The van der Waals surface area contributed by atoms with Gasteiger partial charge in [0.1, 0.15) is 0 Å². The summed E-state index contributed by atoms with van der Waals surface area (Å²) in [5, 5.41) is 12.0. The molecule has 5 aromatic carbocycles. The quantitative estimate of drug-likeness (QED) is 0.187. The van der Waals surface area contributed by atoms with E-state index in [-0.39, 0.29) is 5.92 Å². The van der Waals surface area contributed by atoms with Crippen molar-refractivity contribution in [1.82, 2.24) is 4.57 Å². The summed E-state index contributed by atoms with van der Waals surface area (Å²) in [6.07, 6.45) is 13.2. The largest absolute Gasteiger partial charge is 0.337 e. The van der Waals surface area contributed by atoms with Crippen LogP contribution in [0.5, 0.6) is 0 Å². The van der Waals surface area contributed by atoms with Gasteiger partial charge in [0.2, 0.25) is 0 Å². The van der Waals surface area contributed by atoms with Gasteiger partial charge in [-0.3, -0.25) is 0 Å². The van der Waals surface area contributed by atoms with E-state index in [4.69, 9.17) is 0 Å². The number of hydrogen-bond donors (Lipinski definition) is 0. The first-order valence-corrected chi connectivity index (χ1v) is 16.8. The molecule has 1 aromatic heterocycles.